The summed E-state index contributed by atoms with van der Waals surface area (Å²) in [7, 11) is 0. The van der Waals surface area contributed by atoms with Gasteiger partial charge in [0.05, 0.1) is 22.7 Å². The lowest BCUT2D eigenvalue weighted by Crippen LogP contribution is -2.56. The Bertz CT molecular complexity index is 1970. The number of aromatic nitrogens is 2. The molecule has 4 aromatic rings. The second-order valence-electron chi connectivity index (χ2n) is 12.9. The van der Waals surface area contributed by atoms with E-state index in [1.165, 1.54) is 19.1 Å². The summed E-state index contributed by atoms with van der Waals surface area (Å²) in [5, 5.41) is 3.35. The number of benzene rings is 3. The summed E-state index contributed by atoms with van der Waals surface area (Å²) in [6.45, 7) is 4.20. The number of carbonyl (C=O) groups excluding carboxylic acids is 2. The third-order valence-electron chi connectivity index (χ3n) is 9.93. The van der Waals surface area contributed by atoms with Gasteiger partial charge in [-0.05, 0) is 74.9 Å². The zero-order chi connectivity index (χ0) is 34.8. The first-order chi connectivity index (χ1) is 23.3. The quantitative estimate of drug-likeness (QED) is 0.146. The average Bonchev–Trinajstić information content (AvgIpc) is 3.74. The number of aryl methyl sites for hydroxylation is 1. The van der Waals surface area contributed by atoms with Crippen molar-refractivity contribution < 1.29 is 36.6 Å². The van der Waals surface area contributed by atoms with Gasteiger partial charge in [0.1, 0.15) is 28.5 Å². The van der Waals surface area contributed by atoms with Gasteiger partial charge in [0.2, 0.25) is 5.91 Å². The Hall–Kier alpha value is -3.87. The summed E-state index contributed by atoms with van der Waals surface area (Å²) in [6, 6.07) is 13.5. The molecular weight excluding hydrogens is 687 g/mol. The van der Waals surface area contributed by atoms with Crippen molar-refractivity contribution in [2.24, 2.45) is 5.92 Å². The minimum absolute atomic E-state index is 0.0642. The number of nitrogens with zero attached hydrogens (tertiary/aromatic N) is 3. The Kier molecular flexibility index (Phi) is 8.56. The number of hydrogen-bond acceptors (Lipinski definition) is 6. The molecule has 0 unspecified atom stereocenters. The first kappa shape index (κ1) is 33.6. The Labute approximate surface area is 289 Å². The molecule has 49 heavy (non-hydrogen) atoms. The van der Waals surface area contributed by atoms with Crippen LogP contribution in [-0.4, -0.2) is 57.4 Å². The number of esters is 1. The summed E-state index contributed by atoms with van der Waals surface area (Å²) >= 11 is 12.6. The molecule has 3 aromatic carbocycles. The molecule has 1 amide bonds. The third-order valence-corrected chi connectivity index (χ3v) is 10.5. The number of likely N-dealkylation sites (tertiary alicyclic amines) is 1. The summed E-state index contributed by atoms with van der Waals surface area (Å²) in [4.78, 5) is 34.5. The molecular formula is C35H32Cl2F4N4O4. The summed E-state index contributed by atoms with van der Waals surface area (Å²) < 4.78 is 67.9. The van der Waals surface area contributed by atoms with Crippen molar-refractivity contribution in [3.05, 3.63) is 87.4 Å². The molecule has 1 aromatic heterocycles. The van der Waals surface area contributed by atoms with Crippen LogP contribution in [0.3, 0.4) is 0 Å². The lowest BCUT2D eigenvalue weighted by atomic mass is 9.73. The lowest BCUT2D eigenvalue weighted by Gasteiger charge is -2.40. The van der Waals surface area contributed by atoms with Crippen molar-refractivity contribution in [2.75, 3.05) is 18.5 Å². The van der Waals surface area contributed by atoms with E-state index in [9.17, 15) is 22.8 Å². The number of nitrogens with one attached hydrogen (secondary N) is 1. The Morgan fingerprint density at radius 1 is 1.08 bits per heavy atom. The number of hydrogen-bond donors (Lipinski definition) is 1. The van der Waals surface area contributed by atoms with E-state index in [-0.39, 0.29) is 34.7 Å². The Morgan fingerprint density at radius 2 is 1.84 bits per heavy atom. The van der Waals surface area contributed by atoms with Crippen molar-refractivity contribution in [3.63, 3.8) is 0 Å². The fraction of sp³-hybridized carbons (Fsp3) is 0.400. The topological polar surface area (TPSA) is 85.7 Å². The Morgan fingerprint density at radius 3 is 2.53 bits per heavy atom. The van der Waals surface area contributed by atoms with Gasteiger partial charge in [-0.3, -0.25) is 9.69 Å². The maximum absolute atomic E-state index is 16.2. The zero-order valence-corrected chi connectivity index (χ0v) is 28.0. The predicted octanol–water partition coefficient (Wildman–Crippen LogP) is 8.32. The normalized spacial score (nSPS) is 23.6. The molecule has 0 spiro atoms. The second kappa shape index (κ2) is 12.5. The van der Waals surface area contributed by atoms with Crippen molar-refractivity contribution in [2.45, 2.75) is 69.4 Å². The number of rotatable bonds is 8. The summed E-state index contributed by atoms with van der Waals surface area (Å²) in [5.74, 6) is -3.38. The second-order valence-corrected chi connectivity index (χ2v) is 13.8. The molecule has 1 N–H and O–H groups in total. The van der Waals surface area contributed by atoms with Crippen LogP contribution in [0.2, 0.25) is 10.0 Å². The summed E-state index contributed by atoms with van der Waals surface area (Å²) in [5.41, 5.74) is -0.524. The SMILES string of the molecule is CCOC(=O)c1cc2nc3n(c2cc1OC(F)(F)F)CC[C@H]1[C@@H]3[C@H](c2cccc(Cl)c2F)[C@](C)(C(=O)Nc2cccc(Cl)c2)N1CC1CC1. The van der Waals surface area contributed by atoms with Gasteiger partial charge in [0.15, 0.2) is 0 Å². The van der Waals surface area contributed by atoms with Gasteiger partial charge in [0, 0.05) is 47.7 Å². The van der Waals surface area contributed by atoms with Crippen LogP contribution in [0, 0.1) is 11.7 Å². The zero-order valence-electron chi connectivity index (χ0n) is 26.5. The van der Waals surface area contributed by atoms with Crippen molar-refractivity contribution in [1.29, 1.82) is 0 Å². The molecule has 0 radical (unpaired) electrons. The number of halogens is 6. The van der Waals surface area contributed by atoms with Crippen LogP contribution in [0.25, 0.3) is 11.0 Å². The van der Waals surface area contributed by atoms with E-state index in [1.54, 1.807) is 47.9 Å². The fourth-order valence-corrected chi connectivity index (χ4v) is 8.07. The van der Waals surface area contributed by atoms with Gasteiger partial charge in [-0.25, -0.2) is 14.2 Å². The van der Waals surface area contributed by atoms with Crippen LogP contribution in [0.4, 0.5) is 23.2 Å². The van der Waals surface area contributed by atoms with E-state index in [1.807, 2.05) is 0 Å². The van der Waals surface area contributed by atoms with E-state index in [2.05, 4.69) is 15.0 Å². The largest absolute Gasteiger partial charge is 0.573 e. The van der Waals surface area contributed by atoms with Crippen LogP contribution < -0.4 is 10.1 Å². The van der Waals surface area contributed by atoms with E-state index >= 15 is 4.39 Å². The first-order valence-corrected chi connectivity index (χ1v) is 16.8. The van der Waals surface area contributed by atoms with E-state index in [0.29, 0.717) is 47.5 Å². The summed E-state index contributed by atoms with van der Waals surface area (Å²) in [6.07, 6.45) is -2.60. The van der Waals surface area contributed by atoms with Crippen LogP contribution >= 0.6 is 23.2 Å². The standard InChI is InChI=1S/C35H32Cl2F4N4O4/c1-3-48-32(46)22-15-24-26(16-27(22)49-35(39,40)41)44-13-12-25-28(31(44)43-24)29(21-8-5-9-23(37)30(21)38)34(2,45(25)17-18-10-11-18)33(47)42-20-7-4-6-19(36)14-20/h4-9,14-16,18,25,28-29H,3,10-13,17H2,1-2H3,(H,42,47)/t25-,28+,29-,34+/m0/s1. The smallest absolute Gasteiger partial charge is 0.462 e. The highest BCUT2D eigenvalue weighted by Gasteiger charge is 2.63. The van der Waals surface area contributed by atoms with Crippen LogP contribution in [0.1, 0.15) is 66.7 Å². The molecule has 14 heteroatoms. The number of fused-ring (bicyclic) bond motifs is 5. The minimum atomic E-state index is -5.08. The highest BCUT2D eigenvalue weighted by Crippen LogP contribution is 2.58. The highest BCUT2D eigenvalue weighted by atomic mass is 35.5. The van der Waals surface area contributed by atoms with Crippen molar-refractivity contribution in [1.82, 2.24) is 14.5 Å². The highest BCUT2D eigenvalue weighted by molar-refractivity contribution is 6.31. The van der Waals surface area contributed by atoms with Crippen LogP contribution in [0.15, 0.2) is 54.6 Å². The van der Waals surface area contributed by atoms with E-state index in [0.717, 1.165) is 18.9 Å². The number of alkyl halides is 3. The molecule has 258 valence electrons. The van der Waals surface area contributed by atoms with Crippen molar-refractivity contribution in [3.8, 4) is 5.75 Å². The van der Waals surface area contributed by atoms with Gasteiger partial charge in [-0.15, -0.1) is 13.2 Å². The molecule has 1 saturated heterocycles. The van der Waals surface area contributed by atoms with Gasteiger partial charge < -0.3 is 19.4 Å². The maximum Gasteiger partial charge on any atom is 0.573 e. The average molecular weight is 720 g/mol. The number of carbonyl (C=O) groups is 2. The number of anilines is 1. The van der Waals surface area contributed by atoms with Gasteiger partial charge in [-0.2, -0.15) is 0 Å². The minimum Gasteiger partial charge on any atom is -0.462 e. The molecule has 7 rings (SSSR count). The monoisotopic (exact) mass is 718 g/mol. The molecule has 1 aliphatic carbocycles. The predicted molar refractivity (Wildman–Crippen MR) is 176 cm³/mol. The van der Waals surface area contributed by atoms with Crippen LogP contribution in [-0.2, 0) is 16.1 Å². The molecule has 2 fully saturated rings. The molecule has 3 aliphatic rings. The number of imidazole rings is 1. The molecule has 2 aliphatic heterocycles. The molecule has 1 saturated carbocycles. The molecule has 3 heterocycles. The number of amides is 1. The van der Waals surface area contributed by atoms with E-state index < -0.39 is 46.8 Å². The van der Waals surface area contributed by atoms with E-state index in [4.69, 9.17) is 32.9 Å². The molecule has 0 bridgehead atoms. The van der Waals surface area contributed by atoms with Gasteiger partial charge in [0.25, 0.3) is 0 Å². The third kappa shape index (κ3) is 6.01. The van der Waals surface area contributed by atoms with Gasteiger partial charge in [-0.1, -0.05) is 41.4 Å². The molecule has 4 atom stereocenters. The lowest BCUT2D eigenvalue weighted by molar-refractivity contribution is -0.274. The van der Waals surface area contributed by atoms with Crippen LogP contribution in [0.5, 0.6) is 5.75 Å². The molecule has 8 nitrogen and oxygen atoms in total. The number of ether oxygens (including phenoxy) is 2. The first-order valence-electron chi connectivity index (χ1n) is 16.0. The van der Waals surface area contributed by atoms with Crippen molar-refractivity contribution >= 4 is 51.8 Å². The maximum atomic E-state index is 16.2. The van der Waals surface area contributed by atoms with Gasteiger partial charge >= 0.3 is 12.3 Å². The fourth-order valence-electron chi connectivity index (χ4n) is 7.70. The Balaban J connectivity index is 1.43.